The molecule has 0 radical (unpaired) electrons. The number of ether oxygens (including phenoxy) is 2. The maximum atomic E-state index is 5.45. The first kappa shape index (κ1) is 28.5. The first-order chi connectivity index (χ1) is 23.1. The van der Waals surface area contributed by atoms with Crippen molar-refractivity contribution in [2.45, 2.75) is 6.92 Å². The summed E-state index contributed by atoms with van der Waals surface area (Å²) in [6.07, 6.45) is 0. The second-order valence-electron chi connectivity index (χ2n) is 11.9. The Balaban J connectivity index is 1.28. The fourth-order valence-electron chi connectivity index (χ4n) is 6.70. The second kappa shape index (κ2) is 11.7. The quantitative estimate of drug-likeness (QED) is 0.160. The molecule has 8 aromatic carbocycles. The molecule has 0 unspecified atom stereocenters. The van der Waals surface area contributed by atoms with Crippen molar-refractivity contribution in [1.82, 2.24) is 0 Å². The molecular formula is C43H34N2O2. The molecular weight excluding hydrogens is 576 g/mol. The minimum Gasteiger partial charge on any atom is -0.497 e. The monoisotopic (exact) mass is 610 g/mol. The van der Waals surface area contributed by atoms with Crippen molar-refractivity contribution in [3.05, 3.63) is 157 Å². The number of rotatable bonds is 8. The van der Waals surface area contributed by atoms with Crippen molar-refractivity contribution in [3.63, 3.8) is 0 Å². The van der Waals surface area contributed by atoms with Crippen LogP contribution in [0.25, 0.3) is 32.3 Å². The Bertz CT molecular complexity index is 2250. The van der Waals surface area contributed by atoms with Crippen molar-refractivity contribution in [2.75, 3.05) is 24.0 Å². The van der Waals surface area contributed by atoms with Crippen LogP contribution in [0.5, 0.6) is 11.5 Å². The predicted molar refractivity (Wildman–Crippen MR) is 197 cm³/mol. The van der Waals surface area contributed by atoms with Gasteiger partial charge in [0.15, 0.2) is 0 Å². The Labute approximate surface area is 275 Å². The van der Waals surface area contributed by atoms with E-state index in [0.717, 1.165) is 45.6 Å². The predicted octanol–water partition coefficient (Wildman–Crippen LogP) is 11.8. The Morgan fingerprint density at radius 1 is 0.383 bits per heavy atom. The van der Waals surface area contributed by atoms with E-state index in [-0.39, 0.29) is 0 Å². The third-order valence-corrected chi connectivity index (χ3v) is 9.07. The lowest BCUT2D eigenvalue weighted by Gasteiger charge is -2.29. The average Bonchev–Trinajstić information content (AvgIpc) is 3.13. The van der Waals surface area contributed by atoms with Crippen LogP contribution in [0.3, 0.4) is 0 Å². The van der Waals surface area contributed by atoms with Gasteiger partial charge in [-0.1, -0.05) is 66.2 Å². The summed E-state index contributed by atoms with van der Waals surface area (Å²) in [5.74, 6) is 1.64. The van der Waals surface area contributed by atoms with Crippen LogP contribution in [0.15, 0.2) is 152 Å². The molecule has 0 fully saturated rings. The summed E-state index contributed by atoms with van der Waals surface area (Å²) < 4.78 is 10.9. The third kappa shape index (κ3) is 5.04. The molecule has 0 aliphatic carbocycles. The van der Waals surface area contributed by atoms with Gasteiger partial charge in [0.2, 0.25) is 0 Å². The average molecular weight is 611 g/mol. The number of anilines is 6. The van der Waals surface area contributed by atoms with E-state index >= 15 is 0 Å². The highest BCUT2D eigenvalue weighted by atomic mass is 16.5. The zero-order valence-corrected chi connectivity index (χ0v) is 26.6. The van der Waals surface area contributed by atoms with Crippen molar-refractivity contribution < 1.29 is 9.47 Å². The summed E-state index contributed by atoms with van der Waals surface area (Å²) in [6, 6.07) is 54.0. The van der Waals surface area contributed by atoms with Crippen LogP contribution in [0.2, 0.25) is 0 Å². The Morgan fingerprint density at radius 3 is 1.30 bits per heavy atom. The maximum Gasteiger partial charge on any atom is 0.119 e. The highest BCUT2D eigenvalue weighted by Gasteiger charge is 2.20. The molecule has 4 nitrogen and oxygen atoms in total. The van der Waals surface area contributed by atoms with E-state index in [4.69, 9.17) is 9.47 Å². The highest BCUT2D eigenvalue weighted by molar-refractivity contribution is 6.25. The van der Waals surface area contributed by atoms with Crippen LogP contribution in [0, 0.1) is 6.92 Å². The zero-order chi connectivity index (χ0) is 31.9. The van der Waals surface area contributed by atoms with Gasteiger partial charge >= 0.3 is 0 Å². The first-order valence-corrected chi connectivity index (χ1v) is 15.8. The Hall–Kier alpha value is -6.00. The largest absolute Gasteiger partial charge is 0.497 e. The fourth-order valence-corrected chi connectivity index (χ4v) is 6.70. The van der Waals surface area contributed by atoms with E-state index in [0.29, 0.717) is 0 Å². The van der Waals surface area contributed by atoms with Crippen LogP contribution in [0.4, 0.5) is 34.1 Å². The molecule has 0 N–H and O–H groups in total. The summed E-state index contributed by atoms with van der Waals surface area (Å²) >= 11 is 0. The van der Waals surface area contributed by atoms with Gasteiger partial charge < -0.3 is 19.3 Å². The van der Waals surface area contributed by atoms with Gasteiger partial charge in [0.1, 0.15) is 11.5 Å². The summed E-state index contributed by atoms with van der Waals surface area (Å²) in [5, 5.41) is 7.63. The third-order valence-electron chi connectivity index (χ3n) is 9.07. The van der Waals surface area contributed by atoms with E-state index in [9.17, 15) is 0 Å². The Morgan fingerprint density at radius 2 is 0.787 bits per heavy atom. The van der Waals surface area contributed by atoms with Crippen molar-refractivity contribution >= 4 is 66.4 Å². The molecule has 0 amide bonds. The van der Waals surface area contributed by atoms with Crippen molar-refractivity contribution in [1.29, 1.82) is 0 Å². The molecule has 0 heterocycles. The molecule has 0 saturated heterocycles. The van der Waals surface area contributed by atoms with Gasteiger partial charge in [-0.15, -0.1) is 0 Å². The van der Waals surface area contributed by atoms with Crippen molar-refractivity contribution in [2.24, 2.45) is 0 Å². The number of methoxy groups -OCH3 is 2. The number of hydrogen-bond acceptors (Lipinski definition) is 4. The van der Waals surface area contributed by atoms with E-state index < -0.39 is 0 Å². The topological polar surface area (TPSA) is 24.9 Å². The molecule has 0 saturated carbocycles. The molecule has 0 atom stereocenters. The van der Waals surface area contributed by atoms with Gasteiger partial charge in [-0.3, -0.25) is 0 Å². The van der Waals surface area contributed by atoms with E-state index in [1.54, 1.807) is 14.2 Å². The standard InChI is InChI=1S/C43H34N2O2/c1-29-7-13-36(14-8-29)45(41-28-12-32-10-9-30-5-4-6-31-11-27-40(41)43(32)42(30)31)37-17-15-33(16-18-37)44(34-19-23-38(46-2)24-20-34)35-21-25-39(47-3)26-22-35/h4-28H,1-3H3. The number of aryl methyl sites for hydroxylation is 1. The van der Waals surface area contributed by atoms with Crippen molar-refractivity contribution in [3.8, 4) is 11.5 Å². The van der Waals surface area contributed by atoms with E-state index in [1.165, 1.54) is 37.9 Å². The smallest absolute Gasteiger partial charge is 0.119 e. The minimum absolute atomic E-state index is 0.820. The highest BCUT2D eigenvalue weighted by Crippen LogP contribution is 2.45. The van der Waals surface area contributed by atoms with Crippen LogP contribution in [-0.4, -0.2) is 14.2 Å². The lowest BCUT2D eigenvalue weighted by molar-refractivity contribution is 0.415. The molecule has 8 aromatic rings. The zero-order valence-electron chi connectivity index (χ0n) is 26.6. The van der Waals surface area contributed by atoms with Gasteiger partial charge in [-0.05, 0) is 125 Å². The second-order valence-corrected chi connectivity index (χ2v) is 11.9. The Kier molecular flexibility index (Phi) is 7.11. The molecule has 0 aliphatic rings. The normalized spacial score (nSPS) is 11.3. The van der Waals surface area contributed by atoms with E-state index in [1.807, 2.05) is 24.3 Å². The minimum atomic E-state index is 0.820. The lowest BCUT2D eigenvalue weighted by atomic mass is 9.93. The first-order valence-electron chi connectivity index (χ1n) is 15.8. The van der Waals surface area contributed by atoms with E-state index in [2.05, 4.69) is 144 Å². The fraction of sp³-hybridized carbons (Fsp3) is 0.0698. The molecule has 8 rings (SSSR count). The lowest BCUT2D eigenvalue weighted by Crippen LogP contribution is -2.12. The summed E-state index contributed by atoms with van der Waals surface area (Å²) in [4.78, 5) is 4.62. The summed E-state index contributed by atoms with van der Waals surface area (Å²) in [7, 11) is 3.38. The molecule has 0 spiro atoms. The van der Waals surface area contributed by atoms with Gasteiger partial charge in [0.25, 0.3) is 0 Å². The maximum absolute atomic E-state index is 5.45. The molecule has 228 valence electrons. The molecule has 47 heavy (non-hydrogen) atoms. The van der Waals surface area contributed by atoms with Gasteiger partial charge in [-0.25, -0.2) is 0 Å². The van der Waals surface area contributed by atoms with Gasteiger partial charge in [0, 0.05) is 33.8 Å². The molecule has 0 aromatic heterocycles. The number of hydrogen-bond donors (Lipinski definition) is 0. The van der Waals surface area contributed by atoms with Crippen LogP contribution < -0.4 is 19.3 Å². The summed E-state index contributed by atoms with van der Waals surface area (Å²) in [6.45, 7) is 2.13. The van der Waals surface area contributed by atoms with Gasteiger partial charge in [0.05, 0.1) is 19.9 Å². The summed E-state index contributed by atoms with van der Waals surface area (Å²) in [5.41, 5.74) is 7.68. The van der Waals surface area contributed by atoms with Crippen LogP contribution in [-0.2, 0) is 0 Å². The molecule has 0 aliphatic heterocycles. The molecule has 4 heteroatoms. The van der Waals surface area contributed by atoms with Gasteiger partial charge in [-0.2, -0.15) is 0 Å². The number of nitrogens with zero attached hydrogens (tertiary/aromatic N) is 2. The molecule has 0 bridgehead atoms. The number of benzene rings is 8. The van der Waals surface area contributed by atoms with Crippen LogP contribution in [0.1, 0.15) is 5.56 Å². The van der Waals surface area contributed by atoms with Crippen LogP contribution >= 0.6 is 0 Å². The SMILES string of the molecule is COc1ccc(N(c2ccc(OC)cc2)c2ccc(N(c3ccc(C)cc3)c3ccc4ccc5cccc6ccc3c4c56)cc2)cc1.